The number of aliphatic hydroxyl groups is 1. The molecule has 51 heavy (non-hydrogen) atoms. The Balaban J connectivity index is 2.49. The van der Waals surface area contributed by atoms with Crippen molar-refractivity contribution in [2.24, 2.45) is 17.3 Å². The van der Waals surface area contributed by atoms with Crippen molar-refractivity contribution >= 4 is 30.2 Å². The highest BCUT2D eigenvalue weighted by molar-refractivity contribution is 5.71. The van der Waals surface area contributed by atoms with Gasteiger partial charge in [0.25, 0.3) is 0 Å². The highest BCUT2D eigenvalue weighted by Gasteiger charge is 2.36. The largest absolute Gasteiger partial charge is 0.466 e. The molecule has 0 spiro atoms. The topological polar surface area (TPSA) is 142 Å². The molecule has 10 heteroatoms. The van der Waals surface area contributed by atoms with Crippen LogP contribution in [0.4, 0.5) is 0 Å². The van der Waals surface area contributed by atoms with Crippen LogP contribution in [0.3, 0.4) is 0 Å². The van der Waals surface area contributed by atoms with Crippen LogP contribution in [0.2, 0.25) is 0 Å². The van der Waals surface area contributed by atoms with Gasteiger partial charge in [-0.1, -0.05) is 96.6 Å². The van der Waals surface area contributed by atoms with Gasteiger partial charge in [0.2, 0.25) is 0 Å². The summed E-state index contributed by atoms with van der Waals surface area (Å²) < 4.78 is 22.0. The van der Waals surface area contributed by atoms with Crippen molar-refractivity contribution in [1.29, 1.82) is 0 Å². The highest BCUT2D eigenvalue weighted by atomic mass is 16.6. The lowest BCUT2D eigenvalue weighted by atomic mass is 9.76. The van der Waals surface area contributed by atoms with Crippen LogP contribution < -0.4 is 0 Å². The number of hydrogen-bond donors (Lipinski definition) is 1. The number of esters is 4. The second-order valence-electron chi connectivity index (χ2n) is 14.8. The van der Waals surface area contributed by atoms with Crippen molar-refractivity contribution in [3.63, 3.8) is 0 Å². The molecule has 1 N–H and O–H groups in total. The SMILES string of the molecule is C=C1CC(CC)CC(CC(=O)OCC(CO)(COC(=O)CCCCCCC=O)COC(=O)CCCCCCC(=O)OCCCCCCCCC)C1. The minimum absolute atomic E-state index is 0.148. The first-order valence-corrected chi connectivity index (χ1v) is 20.0. The van der Waals surface area contributed by atoms with Crippen LogP contribution in [0.15, 0.2) is 12.2 Å². The predicted octanol–water partition coefficient (Wildman–Crippen LogP) is 8.54. The quantitative estimate of drug-likeness (QED) is 0.0236. The minimum Gasteiger partial charge on any atom is -0.466 e. The summed E-state index contributed by atoms with van der Waals surface area (Å²) in [5.74, 6) is -0.835. The van der Waals surface area contributed by atoms with E-state index >= 15 is 0 Å². The second kappa shape index (κ2) is 29.8. The zero-order valence-corrected chi connectivity index (χ0v) is 32.1. The molecule has 0 heterocycles. The number of unbranched alkanes of at least 4 members (excludes halogenated alkanes) is 13. The van der Waals surface area contributed by atoms with E-state index in [0.717, 1.165) is 82.5 Å². The van der Waals surface area contributed by atoms with Crippen LogP contribution in [0, 0.1) is 17.3 Å². The average molecular weight is 723 g/mol. The Morgan fingerprint density at radius 2 is 1.14 bits per heavy atom. The third kappa shape index (κ3) is 24.2. The van der Waals surface area contributed by atoms with Gasteiger partial charge in [0, 0.05) is 32.1 Å². The number of allylic oxidation sites excluding steroid dienone is 1. The van der Waals surface area contributed by atoms with E-state index in [0.29, 0.717) is 44.6 Å². The molecule has 1 aliphatic rings. The van der Waals surface area contributed by atoms with Crippen molar-refractivity contribution in [2.45, 2.75) is 168 Å². The van der Waals surface area contributed by atoms with Gasteiger partial charge in [-0.15, -0.1) is 0 Å². The monoisotopic (exact) mass is 722 g/mol. The number of carbonyl (C=O) groups excluding carboxylic acids is 5. The zero-order chi connectivity index (χ0) is 37.6. The van der Waals surface area contributed by atoms with E-state index < -0.39 is 29.9 Å². The van der Waals surface area contributed by atoms with Crippen molar-refractivity contribution in [3.05, 3.63) is 12.2 Å². The van der Waals surface area contributed by atoms with Crippen molar-refractivity contribution < 1.29 is 48.0 Å². The summed E-state index contributed by atoms with van der Waals surface area (Å²) in [5, 5.41) is 10.4. The third-order valence-electron chi connectivity index (χ3n) is 9.78. The smallest absolute Gasteiger partial charge is 0.306 e. The Morgan fingerprint density at radius 1 is 0.667 bits per heavy atom. The third-order valence-corrected chi connectivity index (χ3v) is 9.78. The predicted molar refractivity (Wildman–Crippen MR) is 198 cm³/mol. The van der Waals surface area contributed by atoms with Crippen LogP contribution in [-0.2, 0) is 42.9 Å². The second-order valence-corrected chi connectivity index (χ2v) is 14.8. The lowest BCUT2D eigenvalue weighted by molar-refractivity contribution is -0.166. The Labute approximate surface area is 308 Å². The van der Waals surface area contributed by atoms with Gasteiger partial charge in [-0.2, -0.15) is 0 Å². The number of rotatable bonds is 32. The lowest BCUT2D eigenvalue weighted by Gasteiger charge is -2.32. The van der Waals surface area contributed by atoms with Crippen molar-refractivity contribution in [2.75, 3.05) is 33.0 Å². The van der Waals surface area contributed by atoms with Crippen LogP contribution in [0.1, 0.15) is 168 Å². The van der Waals surface area contributed by atoms with Crippen LogP contribution in [0.5, 0.6) is 0 Å². The molecule has 0 aromatic carbocycles. The first-order chi connectivity index (χ1) is 24.7. The first kappa shape index (κ1) is 46.3. The molecule has 1 fully saturated rings. The van der Waals surface area contributed by atoms with Gasteiger partial charge in [0.05, 0.1) is 18.6 Å². The maximum Gasteiger partial charge on any atom is 0.306 e. The molecular formula is C41H70O10. The molecule has 0 bridgehead atoms. The fourth-order valence-corrected chi connectivity index (χ4v) is 6.47. The maximum atomic E-state index is 12.9. The van der Waals surface area contributed by atoms with E-state index in [1.54, 1.807) is 0 Å². The van der Waals surface area contributed by atoms with Gasteiger partial charge in [0.15, 0.2) is 0 Å². The number of carbonyl (C=O) groups is 5. The summed E-state index contributed by atoms with van der Waals surface area (Å²) in [4.78, 5) is 60.5. The summed E-state index contributed by atoms with van der Waals surface area (Å²) >= 11 is 0. The molecular weight excluding hydrogens is 652 g/mol. The Hall–Kier alpha value is -2.75. The molecule has 1 aliphatic carbocycles. The maximum absolute atomic E-state index is 12.9. The summed E-state index contributed by atoms with van der Waals surface area (Å²) in [6.07, 6.45) is 20.1. The van der Waals surface area contributed by atoms with Crippen LogP contribution in [-0.4, -0.2) is 68.3 Å². The number of ether oxygens (including phenoxy) is 4. The molecule has 0 saturated heterocycles. The van der Waals surface area contributed by atoms with Crippen molar-refractivity contribution in [3.8, 4) is 0 Å². The van der Waals surface area contributed by atoms with E-state index in [-0.39, 0.29) is 51.0 Å². The Morgan fingerprint density at radius 3 is 1.67 bits per heavy atom. The highest BCUT2D eigenvalue weighted by Crippen LogP contribution is 2.36. The average Bonchev–Trinajstić information content (AvgIpc) is 3.11. The van der Waals surface area contributed by atoms with Gasteiger partial charge in [0.1, 0.15) is 26.1 Å². The van der Waals surface area contributed by atoms with Crippen LogP contribution in [0.25, 0.3) is 0 Å². The molecule has 0 aromatic rings. The summed E-state index contributed by atoms with van der Waals surface area (Å²) in [6, 6.07) is 0. The summed E-state index contributed by atoms with van der Waals surface area (Å²) in [6.45, 7) is 7.66. The molecule has 0 aliphatic heterocycles. The van der Waals surface area contributed by atoms with Gasteiger partial charge in [-0.3, -0.25) is 19.2 Å². The molecule has 1 rings (SSSR count). The summed E-state index contributed by atoms with van der Waals surface area (Å²) in [7, 11) is 0. The molecule has 10 nitrogen and oxygen atoms in total. The van der Waals surface area contributed by atoms with Gasteiger partial charge in [-0.25, -0.2) is 0 Å². The number of aliphatic hydroxyl groups excluding tert-OH is 1. The minimum atomic E-state index is -1.29. The van der Waals surface area contributed by atoms with Gasteiger partial charge >= 0.3 is 23.9 Å². The number of hydrogen-bond acceptors (Lipinski definition) is 10. The van der Waals surface area contributed by atoms with E-state index in [4.69, 9.17) is 18.9 Å². The Bertz CT molecular complexity index is 995. The standard InChI is InChI=1S/C41H70O10/c1-4-6-7-8-9-15-20-25-48-37(44)21-17-12-13-18-23-39(46)50-32-41(30-43,31-49-38(45)22-16-11-10-14-19-24-42)33-51-40(47)29-36-27-34(3)26-35(5-2)28-36/h24,35-36,43H,3-23,25-33H2,1-2H3. The first-order valence-electron chi connectivity index (χ1n) is 20.0. The fourth-order valence-electron chi connectivity index (χ4n) is 6.47. The summed E-state index contributed by atoms with van der Waals surface area (Å²) in [5.41, 5.74) is -0.141. The molecule has 3 unspecified atom stereocenters. The van der Waals surface area contributed by atoms with Crippen molar-refractivity contribution in [1.82, 2.24) is 0 Å². The molecule has 3 atom stereocenters. The fraction of sp³-hybridized carbons (Fsp3) is 0.829. The normalized spacial score (nSPS) is 17.0. The van der Waals surface area contributed by atoms with Crippen LogP contribution >= 0.6 is 0 Å². The molecule has 294 valence electrons. The molecule has 0 amide bonds. The lowest BCUT2D eigenvalue weighted by Crippen LogP contribution is -2.42. The molecule has 0 radical (unpaired) electrons. The van der Waals surface area contributed by atoms with Gasteiger partial charge < -0.3 is 28.8 Å². The van der Waals surface area contributed by atoms with E-state index in [2.05, 4.69) is 20.4 Å². The van der Waals surface area contributed by atoms with E-state index in [1.807, 2.05) is 0 Å². The Kier molecular flexibility index (Phi) is 27.0. The van der Waals surface area contributed by atoms with E-state index in [1.165, 1.54) is 32.1 Å². The zero-order valence-electron chi connectivity index (χ0n) is 32.1. The number of aldehydes is 1. The van der Waals surface area contributed by atoms with E-state index in [9.17, 15) is 29.1 Å². The molecule has 1 saturated carbocycles. The van der Waals surface area contributed by atoms with Gasteiger partial charge in [-0.05, 0) is 63.2 Å². The molecule has 0 aromatic heterocycles.